The minimum Gasteiger partial charge on any atom is -0.460 e. The van der Waals surface area contributed by atoms with E-state index in [2.05, 4.69) is 0 Å². The van der Waals surface area contributed by atoms with Crippen LogP contribution in [0.1, 0.15) is 11.3 Å². The molecule has 3 heteroatoms. The standard InChI is InChI=1S/C19H14O3/c1-11-8-9-15-14(10-11)16-12(2)21-18(17(16)19(20)22-15)13-6-4-3-5-7-13/h3-10H,1-2H3. The summed E-state index contributed by atoms with van der Waals surface area (Å²) in [5.41, 5.74) is 2.22. The molecule has 0 aliphatic rings. The molecule has 0 amide bonds. The smallest absolute Gasteiger partial charge is 0.348 e. The number of fused-ring (bicyclic) bond motifs is 3. The molecule has 0 aliphatic heterocycles. The highest BCUT2D eigenvalue weighted by Gasteiger charge is 2.19. The van der Waals surface area contributed by atoms with E-state index in [0.717, 1.165) is 27.7 Å². The van der Waals surface area contributed by atoms with Gasteiger partial charge in [-0.25, -0.2) is 4.79 Å². The van der Waals surface area contributed by atoms with Gasteiger partial charge in [-0.05, 0) is 26.0 Å². The average Bonchev–Trinajstić information content (AvgIpc) is 2.88. The third-order valence-electron chi connectivity index (χ3n) is 3.93. The lowest BCUT2D eigenvalue weighted by molar-refractivity contribution is 0.550. The molecular weight excluding hydrogens is 276 g/mol. The van der Waals surface area contributed by atoms with Gasteiger partial charge in [0.1, 0.15) is 22.5 Å². The Morgan fingerprint density at radius 1 is 0.864 bits per heavy atom. The second-order valence-corrected chi connectivity index (χ2v) is 5.49. The highest BCUT2D eigenvalue weighted by molar-refractivity contribution is 6.10. The molecule has 0 bridgehead atoms. The monoisotopic (exact) mass is 290 g/mol. The van der Waals surface area contributed by atoms with Gasteiger partial charge in [-0.3, -0.25) is 0 Å². The van der Waals surface area contributed by atoms with Crippen LogP contribution in [0.5, 0.6) is 0 Å². The molecule has 0 saturated carbocycles. The molecule has 108 valence electrons. The van der Waals surface area contributed by atoms with Gasteiger partial charge < -0.3 is 8.83 Å². The zero-order valence-electron chi connectivity index (χ0n) is 12.3. The summed E-state index contributed by atoms with van der Waals surface area (Å²) in [4.78, 5) is 12.5. The average molecular weight is 290 g/mol. The van der Waals surface area contributed by atoms with E-state index in [1.54, 1.807) is 0 Å². The van der Waals surface area contributed by atoms with Gasteiger partial charge in [-0.1, -0.05) is 42.0 Å². The summed E-state index contributed by atoms with van der Waals surface area (Å²) < 4.78 is 11.4. The zero-order valence-corrected chi connectivity index (χ0v) is 12.3. The third-order valence-corrected chi connectivity index (χ3v) is 3.93. The maximum atomic E-state index is 12.5. The Morgan fingerprint density at radius 3 is 2.41 bits per heavy atom. The summed E-state index contributed by atoms with van der Waals surface area (Å²) in [6.45, 7) is 3.90. The van der Waals surface area contributed by atoms with Gasteiger partial charge >= 0.3 is 5.63 Å². The van der Waals surface area contributed by atoms with E-state index >= 15 is 0 Å². The number of benzene rings is 2. The molecule has 0 radical (unpaired) electrons. The summed E-state index contributed by atoms with van der Waals surface area (Å²) >= 11 is 0. The van der Waals surface area contributed by atoms with E-state index < -0.39 is 0 Å². The zero-order chi connectivity index (χ0) is 15.3. The van der Waals surface area contributed by atoms with Crippen LogP contribution in [0, 0.1) is 13.8 Å². The van der Waals surface area contributed by atoms with Gasteiger partial charge in [0.15, 0.2) is 0 Å². The first-order chi connectivity index (χ1) is 10.6. The topological polar surface area (TPSA) is 43.4 Å². The lowest BCUT2D eigenvalue weighted by Crippen LogP contribution is -1.99. The molecule has 2 aromatic heterocycles. The minimum atomic E-state index is -0.359. The molecule has 22 heavy (non-hydrogen) atoms. The number of hydrogen-bond acceptors (Lipinski definition) is 3. The van der Waals surface area contributed by atoms with Crippen molar-refractivity contribution in [1.29, 1.82) is 0 Å². The first-order valence-corrected chi connectivity index (χ1v) is 7.17. The highest BCUT2D eigenvalue weighted by Crippen LogP contribution is 2.35. The Kier molecular flexibility index (Phi) is 2.70. The normalized spacial score (nSPS) is 11.4. The Morgan fingerprint density at radius 2 is 1.64 bits per heavy atom. The summed E-state index contributed by atoms with van der Waals surface area (Å²) in [5.74, 6) is 1.31. The Balaban J connectivity index is 2.21. The quantitative estimate of drug-likeness (QED) is 0.472. The molecule has 0 saturated heterocycles. The molecule has 0 spiro atoms. The molecule has 2 heterocycles. The fraction of sp³-hybridized carbons (Fsp3) is 0.105. The number of furan rings is 1. The van der Waals surface area contributed by atoms with Gasteiger partial charge in [0.05, 0.1) is 0 Å². The van der Waals surface area contributed by atoms with Crippen molar-refractivity contribution in [3.63, 3.8) is 0 Å². The predicted molar refractivity (Wildman–Crippen MR) is 87.2 cm³/mol. The Hall–Kier alpha value is -2.81. The summed E-state index contributed by atoms with van der Waals surface area (Å²) in [6.07, 6.45) is 0. The van der Waals surface area contributed by atoms with E-state index in [-0.39, 0.29) is 5.63 Å². The van der Waals surface area contributed by atoms with Crippen molar-refractivity contribution in [3.05, 3.63) is 70.3 Å². The first kappa shape index (κ1) is 12.9. The van der Waals surface area contributed by atoms with Crippen molar-refractivity contribution in [2.45, 2.75) is 13.8 Å². The molecule has 0 atom stereocenters. The SMILES string of the molecule is Cc1ccc2oc(=O)c3c(-c4ccccc4)oc(C)c3c2c1. The van der Waals surface area contributed by atoms with Gasteiger partial charge in [-0.15, -0.1) is 0 Å². The predicted octanol–water partition coefficient (Wildman–Crippen LogP) is 4.82. The van der Waals surface area contributed by atoms with Gasteiger partial charge in [0, 0.05) is 16.3 Å². The van der Waals surface area contributed by atoms with Crippen LogP contribution in [-0.4, -0.2) is 0 Å². The van der Waals surface area contributed by atoms with Crippen molar-refractivity contribution in [2.24, 2.45) is 0 Å². The van der Waals surface area contributed by atoms with Crippen molar-refractivity contribution >= 4 is 21.7 Å². The van der Waals surface area contributed by atoms with Gasteiger partial charge in [0.2, 0.25) is 0 Å². The molecule has 0 fully saturated rings. The van der Waals surface area contributed by atoms with Crippen LogP contribution in [0.2, 0.25) is 0 Å². The lowest BCUT2D eigenvalue weighted by Gasteiger charge is -2.01. The van der Waals surface area contributed by atoms with Gasteiger partial charge in [0.25, 0.3) is 0 Å². The number of hydrogen-bond donors (Lipinski definition) is 0. The molecular formula is C19H14O3. The van der Waals surface area contributed by atoms with Crippen molar-refractivity contribution in [1.82, 2.24) is 0 Å². The maximum absolute atomic E-state index is 12.5. The highest BCUT2D eigenvalue weighted by atomic mass is 16.4. The number of rotatable bonds is 1. The molecule has 4 rings (SSSR count). The van der Waals surface area contributed by atoms with Crippen LogP contribution < -0.4 is 5.63 Å². The number of aryl methyl sites for hydroxylation is 2. The van der Waals surface area contributed by atoms with Crippen LogP contribution in [0.3, 0.4) is 0 Å². The van der Waals surface area contributed by atoms with E-state index in [9.17, 15) is 4.79 Å². The Labute approximate surface area is 126 Å². The summed E-state index contributed by atoms with van der Waals surface area (Å²) in [7, 11) is 0. The van der Waals surface area contributed by atoms with E-state index in [1.165, 1.54) is 0 Å². The van der Waals surface area contributed by atoms with Crippen LogP contribution in [0.4, 0.5) is 0 Å². The van der Waals surface area contributed by atoms with Crippen LogP contribution in [-0.2, 0) is 0 Å². The van der Waals surface area contributed by atoms with Crippen LogP contribution in [0.25, 0.3) is 33.1 Å². The van der Waals surface area contributed by atoms with E-state index in [0.29, 0.717) is 16.7 Å². The van der Waals surface area contributed by atoms with Crippen LogP contribution in [0.15, 0.2) is 62.2 Å². The van der Waals surface area contributed by atoms with E-state index in [4.69, 9.17) is 8.83 Å². The molecule has 0 N–H and O–H groups in total. The van der Waals surface area contributed by atoms with Crippen LogP contribution >= 0.6 is 0 Å². The Bertz CT molecular complexity index is 1050. The summed E-state index contributed by atoms with van der Waals surface area (Å²) in [6, 6.07) is 15.4. The fourth-order valence-electron chi connectivity index (χ4n) is 2.94. The first-order valence-electron chi connectivity index (χ1n) is 7.17. The second kappa shape index (κ2) is 4.60. The van der Waals surface area contributed by atoms with E-state index in [1.807, 2.05) is 62.4 Å². The van der Waals surface area contributed by atoms with Gasteiger partial charge in [-0.2, -0.15) is 0 Å². The maximum Gasteiger partial charge on any atom is 0.348 e. The summed E-state index contributed by atoms with van der Waals surface area (Å²) in [5, 5.41) is 2.27. The molecule has 3 nitrogen and oxygen atoms in total. The third kappa shape index (κ3) is 1.79. The second-order valence-electron chi connectivity index (χ2n) is 5.49. The molecule has 0 aliphatic carbocycles. The molecule has 0 unspecified atom stereocenters. The largest absolute Gasteiger partial charge is 0.460 e. The van der Waals surface area contributed by atoms with Crippen molar-refractivity contribution in [3.8, 4) is 11.3 Å². The molecule has 2 aromatic carbocycles. The minimum absolute atomic E-state index is 0.359. The van der Waals surface area contributed by atoms with Crippen molar-refractivity contribution < 1.29 is 8.83 Å². The lowest BCUT2D eigenvalue weighted by atomic mass is 10.0. The van der Waals surface area contributed by atoms with Crippen molar-refractivity contribution in [2.75, 3.05) is 0 Å². The fourth-order valence-corrected chi connectivity index (χ4v) is 2.94. The molecule has 4 aromatic rings.